The van der Waals surface area contributed by atoms with E-state index in [4.69, 9.17) is 22.3 Å². The van der Waals surface area contributed by atoms with Crippen LogP contribution in [0.3, 0.4) is 0 Å². The summed E-state index contributed by atoms with van der Waals surface area (Å²) in [6, 6.07) is 5.79. The fraction of sp³-hybridized carbons (Fsp3) is 0.500. The number of rotatable bonds is 3. The topological polar surface area (TPSA) is 80.8 Å². The van der Waals surface area contributed by atoms with Crippen molar-refractivity contribution in [3.05, 3.63) is 35.6 Å². The summed E-state index contributed by atoms with van der Waals surface area (Å²) < 4.78 is 0. The number of nitrogens with two attached hydrogens (primary N) is 1. The van der Waals surface area contributed by atoms with Crippen molar-refractivity contribution in [2.24, 2.45) is 17.3 Å². The first kappa shape index (κ1) is 20.5. The zero-order valence-corrected chi connectivity index (χ0v) is 19.6. The van der Waals surface area contributed by atoms with Crippen LogP contribution in [0.4, 0.5) is 11.6 Å². The quantitative estimate of drug-likeness (QED) is 0.537. The molecule has 0 aromatic carbocycles. The Labute approximate surface area is 197 Å². The maximum Gasteiger partial charge on any atom is 0.179 e. The van der Waals surface area contributed by atoms with Gasteiger partial charge in [-0.15, -0.1) is 0 Å². The highest BCUT2D eigenvalue weighted by Gasteiger charge is 2.54. The molecule has 0 radical (unpaired) electrons. The molecule has 1 unspecified atom stereocenters. The molecule has 166 valence electrons. The van der Waals surface area contributed by atoms with Crippen molar-refractivity contribution >= 4 is 46.2 Å². The van der Waals surface area contributed by atoms with E-state index in [1.54, 1.807) is 6.20 Å². The monoisotopic (exact) mass is 466 g/mol. The van der Waals surface area contributed by atoms with Crippen LogP contribution in [0.15, 0.2) is 40.5 Å². The Balaban J connectivity index is 1.16. The minimum Gasteiger partial charge on any atom is -0.382 e. The highest BCUT2D eigenvalue weighted by Crippen LogP contribution is 2.62. The molecule has 8 heteroatoms. The lowest BCUT2D eigenvalue weighted by molar-refractivity contribution is -0.0865. The Morgan fingerprint density at radius 3 is 2.75 bits per heavy atom. The largest absolute Gasteiger partial charge is 0.382 e. The Bertz CT molecular complexity index is 1160. The number of piperidine rings is 1. The van der Waals surface area contributed by atoms with E-state index in [2.05, 4.69) is 19.9 Å². The van der Waals surface area contributed by atoms with Crippen LogP contribution < -0.4 is 10.6 Å². The molecule has 2 aliphatic carbocycles. The number of anilines is 2. The van der Waals surface area contributed by atoms with E-state index in [0.717, 1.165) is 46.2 Å². The van der Waals surface area contributed by atoms with E-state index in [1.807, 2.05) is 24.4 Å². The lowest BCUT2D eigenvalue weighted by Gasteiger charge is -2.60. The number of hydrogen-bond donors (Lipinski definition) is 1. The van der Waals surface area contributed by atoms with Gasteiger partial charge in [-0.3, -0.25) is 0 Å². The van der Waals surface area contributed by atoms with Crippen LogP contribution in [0, 0.1) is 17.3 Å². The third-order valence-corrected chi connectivity index (χ3v) is 9.42. The number of fused-ring (bicyclic) bond motifs is 3. The van der Waals surface area contributed by atoms with Crippen LogP contribution >= 0.6 is 23.4 Å². The Morgan fingerprint density at radius 1 is 1.06 bits per heavy atom. The molecule has 1 spiro atoms. The van der Waals surface area contributed by atoms with Crippen LogP contribution in [0.1, 0.15) is 44.9 Å². The van der Waals surface area contributed by atoms with E-state index in [1.165, 1.54) is 56.7 Å². The second-order valence-corrected chi connectivity index (χ2v) is 11.0. The fourth-order valence-corrected chi connectivity index (χ4v) is 7.29. The van der Waals surface area contributed by atoms with Crippen LogP contribution in [0.5, 0.6) is 0 Å². The summed E-state index contributed by atoms with van der Waals surface area (Å²) in [7, 11) is 0. The van der Waals surface area contributed by atoms with Crippen molar-refractivity contribution in [2.45, 2.75) is 54.9 Å². The molecule has 3 fully saturated rings. The first-order valence-corrected chi connectivity index (χ1v) is 12.8. The molecule has 32 heavy (non-hydrogen) atoms. The van der Waals surface area contributed by atoms with Crippen molar-refractivity contribution in [3.8, 4) is 0 Å². The minimum absolute atomic E-state index is 0.325. The van der Waals surface area contributed by atoms with E-state index < -0.39 is 0 Å². The molecule has 4 heterocycles. The number of nitrogen functional groups attached to an aromatic ring is 1. The highest BCUT2D eigenvalue weighted by molar-refractivity contribution is 7.99. The van der Waals surface area contributed by atoms with E-state index >= 15 is 0 Å². The molecule has 3 aliphatic rings. The smallest absolute Gasteiger partial charge is 0.179 e. The Kier molecular flexibility index (Phi) is 5.14. The van der Waals surface area contributed by atoms with Crippen LogP contribution in [-0.2, 0) is 0 Å². The molecule has 3 aromatic heterocycles. The summed E-state index contributed by atoms with van der Waals surface area (Å²) in [6.45, 7) is 2.18. The molecule has 1 saturated heterocycles. The van der Waals surface area contributed by atoms with Crippen LogP contribution in [0.25, 0.3) is 11.2 Å². The van der Waals surface area contributed by atoms with Crippen molar-refractivity contribution < 1.29 is 0 Å². The number of halogens is 1. The first-order chi connectivity index (χ1) is 15.6. The number of nitrogens with zero attached hydrogens (tertiary/aromatic N) is 5. The molecule has 0 amide bonds. The van der Waals surface area contributed by atoms with Crippen LogP contribution in [0.2, 0.25) is 5.02 Å². The van der Waals surface area contributed by atoms with Gasteiger partial charge in [-0.2, -0.15) is 0 Å². The summed E-state index contributed by atoms with van der Waals surface area (Å²) in [5.41, 5.74) is 7.90. The standard InChI is InChI=1S/C24H27ClN6S/c25-21-18(7-10-27-22(21)26)32-20-6-5-17-23(30-20)28-14-19(29-17)31-11-8-24(9-12-31)13-15-3-1-2-4-16(15)24/h5-7,10,14-16H,1-4,8-9,11-13H2,(H2,26,27)/t15-,16?/m0/s1. The van der Waals surface area contributed by atoms with Gasteiger partial charge >= 0.3 is 0 Å². The summed E-state index contributed by atoms with van der Waals surface area (Å²) in [5, 5.41) is 1.26. The predicted octanol–water partition coefficient (Wildman–Crippen LogP) is 5.60. The second-order valence-electron chi connectivity index (χ2n) is 9.54. The zero-order chi connectivity index (χ0) is 21.7. The third kappa shape index (κ3) is 3.50. The molecule has 6 rings (SSSR count). The van der Waals surface area contributed by atoms with E-state index in [9.17, 15) is 0 Å². The highest BCUT2D eigenvalue weighted by atomic mass is 35.5. The van der Waals surface area contributed by atoms with E-state index in [-0.39, 0.29) is 0 Å². The van der Waals surface area contributed by atoms with Gasteiger partial charge in [-0.25, -0.2) is 19.9 Å². The van der Waals surface area contributed by atoms with Gasteiger partial charge in [0.2, 0.25) is 0 Å². The van der Waals surface area contributed by atoms with Gasteiger partial charge in [0.15, 0.2) is 5.65 Å². The number of hydrogen-bond acceptors (Lipinski definition) is 7. The average molecular weight is 467 g/mol. The molecule has 3 aromatic rings. The SMILES string of the molecule is Nc1nccc(Sc2ccc3nc(N4CCC5(CC4)C[C@@H]4CCCCC45)cnc3n2)c1Cl. The summed E-state index contributed by atoms with van der Waals surface area (Å²) >= 11 is 7.72. The van der Waals surface area contributed by atoms with Gasteiger partial charge in [-0.1, -0.05) is 42.6 Å². The predicted molar refractivity (Wildman–Crippen MR) is 129 cm³/mol. The molecule has 2 atom stereocenters. The maximum atomic E-state index is 6.27. The minimum atomic E-state index is 0.325. The van der Waals surface area contributed by atoms with Gasteiger partial charge in [-0.05, 0) is 61.1 Å². The number of pyridine rings is 2. The molecule has 6 nitrogen and oxygen atoms in total. The van der Waals surface area contributed by atoms with E-state index in [0.29, 0.717) is 21.9 Å². The molecule has 2 saturated carbocycles. The maximum absolute atomic E-state index is 6.27. The molecule has 0 bridgehead atoms. The summed E-state index contributed by atoms with van der Waals surface area (Å²) in [4.78, 5) is 21.4. The molecule has 1 aliphatic heterocycles. The summed E-state index contributed by atoms with van der Waals surface area (Å²) in [6.07, 6.45) is 13.4. The molecule has 2 N–H and O–H groups in total. The molecular weight excluding hydrogens is 440 g/mol. The van der Waals surface area contributed by atoms with Gasteiger partial charge in [0, 0.05) is 24.2 Å². The second kappa shape index (κ2) is 8.03. The lowest BCUT2D eigenvalue weighted by Crippen LogP contribution is -2.55. The van der Waals surface area contributed by atoms with Gasteiger partial charge in [0.25, 0.3) is 0 Å². The zero-order valence-electron chi connectivity index (χ0n) is 18.0. The molecular formula is C24H27ClN6S. The summed E-state index contributed by atoms with van der Waals surface area (Å²) in [5.74, 6) is 3.31. The van der Waals surface area contributed by atoms with Crippen molar-refractivity contribution in [1.82, 2.24) is 19.9 Å². The number of aromatic nitrogens is 4. The average Bonchev–Trinajstić information content (AvgIpc) is 2.81. The Morgan fingerprint density at radius 2 is 1.91 bits per heavy atom. The fourth-order valence-electron chi connectivity index (χ4n) is 6.25. The van der Waals surface area contributed by atoms with Crippen molar-refractivity contribution in [2.75, 3.05) is 23.7 Å². The normalized spacial score (nSPS) is 24.3. The third-order valence-electron chi connectivity index (χ3n) is 7.91. The lowest BCUT2D eigenvalue weighted by atomic mass is 9.46. The van der Waals surface area contributed by atoms with Gasteiger partial charge in [0.1, 0.15) is 22.2 Å². The van der Waals surface area contributed by atoms with Crippen molar-refractivity contribution in [1.29, 1.82) is 0 Å². The van der Waals surface area contributed by atoms with Crippen LogP contribution in [-0.4, -0.2) is 33.0 Å². The van der Waals surface area contributed by atoms with Crippen molar-refractivity contribution in [3.63, 3.8) is 0 Å². The Hall–Kier alpha value is -2.12. The van der Waals surface area contributed by atoms with Gasteiger partial charge in [0.05, 0.1) is 11.2 Å². The first-order valence-electron chi connectivity index (χ1n) is 11.6. The van der Waals surface area contributed by atoms with Gasteiger partial charge < -0.3 is 10.6 Å².